The number of halogens is 1. The summed E-state index contributed by atoms with van der Waals surface area (Å²) >= 11 is 0. The molecule has 0 saturated carbocycles. The van der Waals surface area contributed by atoms with E-state index >= 15 is 0 Å². The van der Waals surface area contributed by atoms with Crippen molar-refractivity contribution in [3.63, 3.8) is 0 Å². The molecule has 0 amide bonds. The van der Waals surface area contributed by atoms with Crippen molar-refractivity contribution >= 4 is 0 Å². The number of rotatable bonds is 16. The summed E-state index contributed by atoms with van der Waals surface area (Å²) in [7, 11) is 0. The van der Waals surface area contributed by atoms with Crippen molar-refractivity contribution in [2.75, 3.05) is 6.61 Å². The molecule has 1 unspecified atom stereocenters. The Morgan fingerprint density at radius 2 is 1.20 bits per heavy atom. The molecule has 2 heteroatoms. The van der Waals surface area contributed by atoms with Crippen molar-refractivity contribution in [2.24, 2.45) is 0 Å². The standard InChI is InChI=1S/C28H41FO/c1-3-5-7-9-10-12-22-30-28-20-18-26(19-21-28)25-16-14-24(15-17-25)23-27(29)13-11-8-6-4-2/h14-21,27H,3-13,22-23H2,1-2H3. The Labute approximate surface area is 184 Å². The molecule has 0 radical (unpaired) electrons. The van der Waals surface area contributed by atoms with Gasteiger partial charge in [0.2, 0.25) is 0 Å². The largest absolute Gasteiger partial charge is 0.494 e. The lowest BCUT2D eigenvalue weighted by Crippen LogP contribution is -2.04. The van der Waals surface area contributed by atoms with Crippen LogP contribution >= 0.6 is 0 Å². The van der Waals surface area contributed by atoms with Gasteiger partial charge in [0, 0.05) is 6.42 Å². The number of hydrogen-bond acceptors (Lipinski definition) is 1. The average molecular weight is 413 g/mol. The minimum atomic E-state index is -0.726. The van der Waals surface area contributed by atoms with Crippen LogP contribution in [-0.2, 0) is 6.42 Å². The van der Waals surface area contributed by atoms with E-state index in [4.69, 9.17) is 4.74 Å². The third-order valence-corrected chi connectivity index (χ3v) is 5.74. The van der Waals surface area contributed by atoms with E-state index in [1.807, 2.05) is 12.1 Å². The summed E-state index contributed by atoms with van der Waals surface area (Å²) in [6.07, 6.45) is 12.7. The van der Waals surface area contributed by atoms with Gasteiger partial charge in [-0.3, -0.25) is 0 Å². The molecule has 0 aliphatic carbocycles. The minimum absolute atomic E-state index is 0.525. The first kappa shape index (κ1) is 24.4. The third-order valence-electron chi connectivity index (χ3n) is 5.74. The number of ether oxygens (including phenoxy) is 1. The molecule has 1 nitrogen and oxygen atoms in total. The molecular formula is C28H41FO. The Bertz CT molecular complexity index is 662. The zero-order chi connectivity index (χ0) is 21.4. The predicted molar refractivity (Wildman–Crippen MR) is 128 cm³/mol. The SMILES string of the molecule is CCCCCCCCOc1ccc(-c2ccc(CC(F)CCCCCC)cc2)cc1. The highest BCUT2D eigenvalue weighted by Crippen LogP contribution is 2.24. The minimum Gasteiger partial charge on any atom is -0.494 e. The highest BCUT2D eigenvalue weighted by atomic mass is 19.1. The van der Waals surface area contributed by atoms with Gasteiger partial charge in [0.1, 0.15) is 11.9 Å². The van der Waals surface area contributed by atoms with E-state index in [0.29, 0.717) is 12.8 Å². The van der Waals surface area contributed by atoms with Gasteiger partial charge >= 0.3 is 0 Å². The van der Waals surface area contributed by atoms with E-state index in [1.54, 1.807) is 0 Å². The molecule has 2 aromatic rings. The van der Waals surface area contributed by atoms with Crippen LogP contribution in [0, 0.1) is 0 Å². The van der Waals surface area contributed by atoms with Crippen molar-refractivity contribution in [2.45, 2.75) is 97.1 Å². The number of alkyl halides is 1. The lowest BCUT2D eigenvalue weighted by Gasteiger charge is -2.10. The zero-order valence-corrected chi connectivity index (χ0v) is 19.2. The monoisotopic (exact) mass is 412 g/mol. The van der Waals surface area contributed by atoms with Gasteiger partial charge in [-0.25, -0.2) is 4.39 Å². The molecule has 0 aromatic heterocycles. The lowest BCUT2D eigenvalue weighted by atomic mass is 10.00. The van der Waals surface area contributed by atoms with Gasteiger partial charge in [0.05, 0.1) is 6.61 Å². The van der Waals surface area contributed by atoms with E-state index in [9.17, 15) is 4.39 Å². The second-order valence-corrected chi connectivity index (χ2v) is 8.49. The molecule has 0 aliphatic rings. The predicted octanol–water partition coefficient (Wildman–Crippen LogP) is 8.94. The molecule has 0 aliphatic heterocycles. The Balaban J connectivity index is 1.73. The van der Waals surface area contributed by atoms with Crippen LogP contribution < -0.4 is 4.74 Å². The summed E-state index contributed by atoms with van der Waals surface area (Å²) in [5, 5.41) is 0. The van der Waals surface area contributed by atoms with Gasteiger partial charge in [-0.05, 0) is 41.7 Å². The van der Waals surface area contributed by atoms with Crippen molar-refractivity contribution in [3.05, 3.63) is 54.1 Å². The molecule has 0 fully saturated rings. The zero-order valence-electron chi connectivity index (χ0n) is 19.2. The first-order valence-electron chi connectivity index (χ1n) is 12.2. The number of unbranched alkanes of at least 4 members (excludes halogenated alkanes) is 8. The van der Waals surface area contributed by atoms with Crippen LogP contribution in [0.15, 0.2) is 48.5 Å². The molecule has 30 heavy (non-hydrogen) atoms. The normalized spacial score (nSPS) is 12.1. The molecule has 166 valence electrons. The molecule has 0 N–H and O–H groups in total. The second-order valence-electron chi connectivity index (χ2n) is 8.49. The van der Waals surface area contributed by atoms with Crippen LogP contribution in [0.4, 0.5) is 4.39 Å². The summed E-state index contributed by atoms with van der Waals surface area (Å²) in [6, 6.07) is 16.7. The van der Waals surface area contributed by atoms with E-state index in [2.05, 4.69) is 50.2 Å². The van der Waals surface area contributed by atoms with Crippen molar-refractivity contribution in [1.82, 2.24) is 0 Å². The first-order valence-corrected chi connectivity index (χ1v) is 12.2. The Morgan fingerprint density at radius 3 is 1.83 bits per heavy atom. The average Bonchev–Trinajstić information content (AvgIpc) is 2.77. The van der Waals surface area contributed by atoms with Crippen LogP contribution in [0.3, 0.4) is 0 Å². The second kappa shape index (κ2) is 15.0. The van der Waals surface area contributed by atoms with Gasteiger partial charge in [-0.1, -0.05) is 108 Å². The molecule has 0 heterocycles. The fourth-order valence-electron chi connectivity index (χ4n) is 3.80. The maximum atomic E-state index is 14.2. The fourth-order valence-corrected chi connectivity index (χ4v) is 3.80. The van der Waals surface area contributed by atoms with E-state index in [-0.39, 0.29) is 0 Å². The van der Waals surface area contributed by atoms with Gasteiger partial charge in [-0.15, -0.1) is 0 Å². The maximum Gasteiger partial charge on any atom is 0.119 e. The molecule has 0 bridgehead atoms. The van der Waals surface area contributed by atoms with Crippen LogP contribution in [0.5, 0.6) is 5.75 Å². The highest BCUT2D eigenvalue weighted by Gasteiger charge is 2.08. The van der Waals surface area contributed by atoms with Crippen molar-refractivity contribution in [1.29, 1.82) is 0 Å². The molecule has 2 rings (SSSR count). The summed E-state index contributed by atoms with van der Waals surface area (Å²) in [5.41, 5.74) is 3.42. The van der Waals surface area contributed by atoms with Crippen LogP contribution in [-0.4, -0.2) is 12.8 Å². The van der Waals surface area contributed by atoms with Crippen LogP contribution in [0.1, 0.15) is 90.0 Å². The number of benzene rings is 2. The van der Waals surface area contributed by atoms with Crippen molar-refractivity contribution < 1.29 is 9.13 Å². The highest BCUT2D eigenvalue weighted by molar-refractivity contribution is 5.64. The van der Waals surface area contributed by atoms with Gasteiger partial charge in [0.15, 0.2) is 0 Å². The summed E-state index contributed by atoms with van der Waals surface area (Å²) in [4.78, 5) is 0. The number of hydrogen-bond donors (Lipinski definition) is 0. The molecule has 0 saturated heterocycles. The van der Waals surface area contributed by atoms with Crippen LogP contribution in [0.2, 0.25) is 0 Å². The third kappa shape index (κ3) is 9.78. The first-order chi connectivity index (χ1) is 14.7. The molecule has 0 spiro atoms. The topological polar surface area (TPSA) is 9.23 Å². The van der Waals surface area contributed by atoms with Crippen LogP contribution in [0.25, 0.3) is 11.1 Å². The Hall–Kier alpha value is -1.83. The van der Waals surface area contributed by atoms with E-state index in [0.717, 1.165) is 37.2 Å². The Morgan fingerprint density at radius 1 is 0.667 bits per heavy atom. The Kier molecular flexibility index (Phi) is 12.3. The molecular weight excluding hydrogens is 371 g/mol. The lowest BCUT2D eigenvalue weighted by molar-refractivity contribution is 0.303. The maximum absolute atomic E-state index is 14.2. The fraction of sp³-hybridized carbons (Fsp3) is 0.571. The molecule has 2 aromatic carbocycles. The van der Waals surface area contributed by atoms with Gasteiger partial charge in [-0.2, -0.15) is 0 Å². The molecule has 1 atom stereocenters. The van der Waals surface area contributed by atoms with E-state index in [1.165, 1.54) is 56.1 Å². The van der Waals surface area contributed by atoms with Gasteiger partial charge < -0.3 is 4.74 Å². The summed E-state index contributed by atoms with van der Waals surface area (Å²) in [5.74, 6) is 0.937. The van der Waals surface area contributed by atoms with Crippen molar-refractivity contribution in [3.8, 4) is 16.9 Å². The summed E-state index contributed by atoms with van der Waals surface area (Å²) in [6.45, 7) is 5.23. The van der Waals surface area contributed by atoms with Gasteiger partial charge in [0.25, 0.3) is 0 Å². The smallest absolute Gasteiger partial charge is 0.119 e. The quantitative estimate of drug-likeness (QED) is 0.250. The summed E-state index contributed by atoms with van der Waals surface area (Å²) < 4.78 is 20.0. The van der Waals surface area contributed by atoms with E-state index < -0.39 is 6.17 Å².